The quantitative estimate of drug-likeness (QED) is 0.452. The second-order valence-corrected chi connectivity index (χ2v) is 8.34. The number of hydrogen-bond acceptors (Lipinski definition) is 5. The van der Waals surface area contributed by atoms with Gasteiger partial charge in [-0.25, -0.2) is 0 Å². The van der Waals surface area contributed by atoms with Crippen LogP contribution < -0.4 is 14.4 Å². The molecule has 1 saturated heterocycles. The topological polar surface area (TPSA) is 74.7 Å². The Bertz CT molecular complexity index is 1130. The number of hydrogen-bond donors (Lipinski definition) is 1. The number of piperazine rings is 1. The first-order chi connectivity index (χ1) is 15.4. The molecule has 10 heteroatoms. The van der Waals surface area contributed by atoms with Crippen molar-refractivity contribution in [3.05, 3.63) is 58.5 Å². The van der Waals surface area contributed by atoms with Crippen LogP contribution in [0.5, 0.6) is 5.75 Å². The monoisotopic (exact) mass is 476 g/mol. The number of halogens is 2. The number of anilines is 1. The molecule has 0 unspecified atom stereocenters. The van der Waals surface area contributed by atoms with Gasteiger partial charge in [0.1, 0.15) is 18.0 Å². The highest BCUT2D eigenvalue weighted by Gasteiger charge is 2.24. The van der Waals surface area contributed by atoms with Crippen LogP contribution in [0.1, 0.15) is 5.69 Å². The summed E-state index contributed by atoms with van der Waals surface area (Å²) in [5.41, 5.74) is 3.09. The number of amides is 1. The van der Waals surface area contributed by atoms with Gasteiger partial charge in [-0.15, -0.1) is 0 Å². The van der Waals surface area contributed by atoms with Crippen LogP contribution in [0.15, 0.2) is 42.7 Å². The summed E-state index contributed by atoms with van der Waals surface area (Å²) < 4.78 is 7.89. The molecular weight excluding hydrogens is 453 g/mol. The van der Waals surface area contributed by atoms with Crippen molar-refractivity contribution in [2.45, 2.75) is 13.5 Å². The van der Waals surface area contributed by atoms with E-state index in [1.807, 2.05) is 30.0 Å². The molecule has 2 aromatic heterocycles. The summed E-state index contributed by atoms with van der Waals surface area (Å²) in [6.07, 6.45) is 3.00. The zero-order chi connectivity index (χ0) is 22.8. The van der Waals surface area contributed by atoms with E-state index in [4.69, 9.17) is 27.9 Å². The molecule has 1 aromatic carbocycles. The second-order valence-electron chi connectivity index (χ2n) is 7.56. The zero-order valence-corrected chi connectivity index (χ0v) is 19.3. The second kappa shape index (κ2) is 9.26. The predicted molar refractivity (Wildman–Crippen MR) is 122 cm³/mol. The first-order valence-electron chi connectivity index (χ1n) is 10.2. The minimum Gasteiger partial charge on any atom is -0.495 e. The average molecular weight is 477 g/mol. The number of aromatic nitrogens is 3. The van der Waals surface area contributed by atoms with Crippen molar-refractivity contribution in [3.63, 3.8) is 0 Å². The molecule has 168 valence electrons. The van der Waals surface area contributed by atoms with Crippen molar-refractivity contribution in [1.29, 1.82) is 0 Å². The SMILES string of the molecule is COc1cc(N2CCN(C(=O)Cn3nc(-c4cc[n+](O)cc4)c(Cl)c3C)CC2)ccc1Cl. The summed E-state index contributed by atoms with van der Waals surface area (Å²) in [6, 6.07) is 9.12. The van der Waals surface area contributed by atoms with Crippen LogP contribution in [-0.2, 0) is 11.3 Å². The Hall–Kier alpha value is -2.97. The number of carbonyl (C=O) groups excluding carboxylic acids is 1. The lowest BCUT2D eigenvalue weighted by atomic mass is 10.2. The lowest BCUT2D eigenvalue weighted by Crippen LogP contribution is -2.49. The van der Waals surface area contributed by atoms with Gasteiger partial charge < -0.3 is 14.5 Å². The molecule has 1 aliphatic heterocycles. The van der Waals surface area contributed by atoms with Crippen molar-refractivity contribution in [2.75, 3.05) is 38.2 Å². The zero-order valence-electron chi connectivity index (χ0n) is 17.8. The molecule has 1 aliphatic rings. The van der Waals surface area contributed by atoms with Crippen molar-refractivity contribution >= 4 is 34.8 Å². The van der Waals surface area contributed by atoms with Crippen LogP contribution >= 0.6 is 23.2 Å². The fourth-order valence-electron chi connectivity index (χ4n) is 3.73. The molecule has 0 aliphatic carbocycles. The molecule has 8 nitrogen and oxygen atoms in total. The van der Waals surface area contributed by atoms with Crippen molar-refractivity contribution in [3.8, 4) is 17.0 Å². The number of methoxy groups -OCH3 is 1. The molecule has 0 saturated carbocycles. The van der Waals surface area contributed by atoms with E-state index in [0.29, 0.717) is 47.7 Å². The summed E-state index contributed by atoms with van der Waals surface area (Å²) in [5.74, 6) is 0.630. The third kappa shape index (κ3) is 4.47. The van der Waals surface area contributed by atoms with Gasteiger partial charge in [-0.3, -0.25) is 14.7 Å². The van der Waals surface area contributed by atoms with E-state index in [9.17, 15) is 10.0 Å². The van der Waals surface area contributed by atoms with Gasteiger partial charge in [-0.1, -0.05) is 23.2 Å². The number of benzene rings is 1. The molecule has 1 fully saturated rings. The number of pyridine rings is 1. The van der Waals surface area contributed by atoms with Gasteiger partial charge in [0.25, 0.3) is 0 Å². The van der Waals surface area contributed by atoms with E-state index in [0.717, 1.165) is 21.7 Å². The summed E-state index contributed by atoms with van der Waals surface area (Å²) in [4.78, 5) is 17.0. The third-order valence-electron chi connectivity index (χ3n) is 5.64. The van der Waals surface area contributed by atoms with E-state index in [-0.39, 0.29) is 12.5 Å². The van der Waals surface area contributed by atoms with Crippen molar-refractivity contribution in [1.82, 2.24) is 14.7 Å². The van der Waals surface area contributed by atoms with Gasteiger partial charge >= 0.3 is 0 Å². The van der Waals surface area contributed by atoms with Gasteiger partial charge in [0.2, 0.25) is 18.3 Å². The van der Waals surface area contributed by atoms with E-state index < -0.39 is 0 Å². The Morgan fingerprint density at radius 2 is 1.84 bits per heavy atom. The standard InChI is InChI=1S/C22H24Cl2N5O3/c1-15-21(24)22(16-5-7-28(31)8-6-16)25-29(15)14-20(30)27-11-9-26(10-12-27)17-3-4-18(23)19(13-17)32-2/h3-8,13,31H,9-12,14H2,1-2H3/q+1. The Kier molecular flexibility index (Phi) is 6.43. The summed E-state index contributed by atoms with van der Waals surface area (Å²) in [7, 11) is 1.59. The molecule has 1 amide bonds. The normalized spacial score (nSPS) is 14.0. The average Bonchev–Trinajstić information content (AvgIpc) is 3.08. The smallest absolute Gasteiger partial charge is 0.244 e. The molecule has 4 rings (SSSR count). The van der Waals surface area contributed by atoms with Crippen LogP contribution in [0.4, 0.5) is 5.69 Å². The van der Waals surface area contributed by atoms with Crippen molar-refractivity contribution in [2.24, 2.45) is 0 Å². The van der Waals surface area contributed by atoms with E-state index in [1.54, 1.807) is 23.9 Å². The number of carbonyl (C=O) groups is 1. The van der Waals surface area contributed by atoms with Crippen LogP contribution in [-0.4, -0.2) is 59.1 Å². The van der Waals surface area contributed by atoms with E-state index >= 15 is 0 Å². The van der Waals surface area contributed by atoms with Gasteiger partial charge in [0, 0.05) is 60.4 Å². The highest BCUT2D eigenvalue weighted by atomic mass is 35.5. The highest BCUT2D eigenvalue weighted by molar-refractivity contribution is 6.33. The predicted octanol–water partition coefficient (Wildman–Crippen LogP) is 3.05. The van der Waals surface area contributed by atoms with Crippen LogP contribution in [0.25, 0.3) is 11.3 Å². The maximum atomic E-state index is 12.9. The first-order valence-corrected chi connectivity index (χ1v) is 10.9. The molecule has 3 aromatic rings. The maximum Gasteiger partial charge on any atom is 0.244 e. The fraction of sp³-hybridized carbons (Fsp3) is 0.318. The minimum atomic E-state index is -0.00610. The van der Waals surface area contributed by atoms with Gasteiger partial charge in [0.15, 0.2) is 0 Å². The molecule has 0 radical (unpaired) electrons. The molecular formula is C22H24Cl2N5O3+. The number of ether oxygens (including phenoxy) is 1. The summed E-state index contributed by atoms with van der Waals surface area (Å²) >= 11 is 12.6. The first kappa shape index (κ1) is 22.2. The largest absolute Gasteiger partial charge is 0.495 e. The lowest BCUT2D eigenvalue weighted by molar-refractivity contribution is -0.904. The third-order valence-corrected chi connectivity index (χ3v) is 6.40. The highest BCUT2D eigenvalue weighted by Crippen LogP contribution is 2.31. The maximum absolute atomic E-state index is 12.9. The summed E-state index contributed by atoms with van der Waals surface area (Å²) in [6.45, 7) is 4.61. The van der Waals surface area contributed by atoms with E-state index in [2.05, 4.69) is 10.00 Å². The molecule has 0 bridgehead atoms. The minimum absolute atomic E-state index is 0.00610. The molecule has 0 spiro atoms. The molecule has 3 heterocycles. The number of rotatable bonds is 5. The van der Waals surface area contributed by atoms with Crippen LogP contribution in [0, 0.1) is 6.92 Å². The van der Waals surface area contributed by atoms with Gasteiger partial charge in [-0.2, -0.15) is 5.10 Å². The van der Waals surface area contributed by atoms with Crippen LogP contribution in [0.2, 0.25) is 10.0 Å². The van der Waals surface area contributed by atoms with Gasteiger partial charge in [-0.05, 0) is 19.1 Å². The van der Waals surface area contributed by atoms with E-state index in [1.165, 1.54) is 12.4 Å². The fourth-order valence-corrected chi connectivity index (χ4v) is 4.17. The van der Waals surface area contributed by atoms with Crippen LogP contribution in [0.3, 0.4) is 0 Å². The number of nitrogens with zero attached hydrogens (tertiary/aromatic N) is 5. The Morgan fingerprint density at radius 3 is 2.50 bits per heavy atom. The Balaban J connectivity index is 1.41. The van der Waals surface area contributed by atoms with Crippen molar-refractivity contribution < 1.29 is 19.5 Å². The van der Waals surface area contributed by atoms with Gasteiger partial charge in [0.05, 0.1) is 22.8 Å². The molecule has 32 heavy (non-hydrogen) atoms. The molecule has 1 N–H and O–H groups in total. The Labute approximate surface area is 196 Å². The lowest BCUT2D eigenvalue weighted by Gasteiger charge is -2.36. The Morgan fingerprint density at radius 1 is 1.16 bits per heavy atom. The molecule has 0 atom stereocenters. The summed E-state index contributed by atoms with van der Waals surface area (Å²) in [5, 5.41) is 15.0.